The number of rotatable bonds is 2. The number of fused-ring (bicyclic) bond motifs is 1. The molecule has 2 heterocycles. The number of nitrogens with two attached hydrogens (primary N) is 1. The molecule has 4 rings (SSSR count). The molecular formula is C21H26N4O. The lowest BCUT2D eigenvalue weighted by molar-refractivity contribution is 0.0963. The van der Waals surface area contributed by atoms with Gasteiger partial charge in [0.05, 0.1) is 11.3 Å². The van der Waals surface area contributed by atoms with Crippen molar-refractivity contribution in [3.8, 4) is 0 Å². The molecule has 1 aliphatic carbocycles. The summed E-state index contributed by atoms with van der Waals surface area (Å²) < 4.78 is 0. The van der Waals surface area contributed by atoms with E-state index in [-0.39, 0.29) is 11.7 Å². The number of nitrogens with zero attached hydrogens (tertiary/aromatic N) is 3. The molecule has 1 saturated heterocycles. The summed E-state index contributed by atoms with van der Waals surface area (Å²) in [7, 11) is 0. The van der Waals surface area contributed by atoms with E-state index < -0.39 is 0 Å². The molecule has 136 valence electrons. The average Bonchev–Trinajstić information content (AvgIpc) is 2.61. The summed E-state index contributed by atoms with van der Waals surface area (Å²) in [5, 5.41) is 0. The number of nitrogen functional groups attached to an aromatic ring is 1. The summed E-state index contributed by atoms with van der Waals surface area (Å²) in [6.07, 6.45) is 2.44. The van der Waals surface area contributed by atoms with Crippen molar-refractivity contribution < 1.29 is 4.79 Å². The highest BCUT2D eigenvalue weighted by Gasteiger charge is 2.32. The summed E-state index contributed by atoms with van der Waals surface area (Å²) in [5.41, 5.74) is 8.73. The highest BCUT2D eigenvalue weighted by Crippen LogP contribution is 2.35. The van der Waals surface area contributed by atoms with E-state index in [9.17, 15) is 4.79 Å². The van der Waals surface area contributed by atoms with Crippen LogP contribution in [0.25, 0.3) is 0 Å². The van der Waals surface area contributed by atoms with Crippen LogP contribution in [0.1, 0.15) is 54.2 Å². The van der Waals surface area contributed by atoms with Crippen LogP contribution in [0.15, 0.2) is 30.3 Å². The fourth-order valence-electron chi connectivity index (χ4n) is 4.52. The quantitative estimate of drug-likeness (QED) is 0.898. The number of carbonyl (C=O) groups excluding carboxylic acids is 1. The zero-order chi connectivity index (χ0) is 18.3. The third kappa shape index (κ3) is 3.18. The van der Waals surface area contributed by atoms with Gasteiger partial charge in [0.25, 0.3) is 0 Å². The summed E-state index contributed by atoms with van der Waals surface area (Å²) >= 11 is 0. The van der Waals surface area contributed by atoms with Crippen LogP contribution in [-0.2, 0) is 6.42 Å². The van der Waals surface area contributed by atoms with Gasteiger partial charge in [0, 0.05) is 19.5 Å². The van der Waals surface area contributed by atoms with Crippen LogP contribution in [0.5, 0.6) is 0 Å². The van der Waals surface area contributed by atoms with Crippen LogP contribution in [-0.4, -0.2) is 28.8 Å². The van der Waals surface area contributed by atoms with Crippen LogP contribution in [0.3, 0.4) is 0 Å². The highest BCUT2D eigenvalue weighted by atomic mass is 16.1. The molecule has 0 bridgehead atoms. The number of hydrogen-bond acceptors (Lipinski definition) is 5. The van der Waals surface area contributed by atoms with Crippen molar-refractivity contribution in [1.29, 1.82) is 0 Å². The number of anilines is 2. The third-order valence-corrected chi connectivity index (χ3v) is 5.57. The van der Waals surface area contributed by atoms with Gasteiger partial charge >= 0.3 is 0 Å². The molecule has 5 nitrogen and oxygen atoms in total. The maximum Gasteiger partial charge on any atom is 0.227 e. The van der Waals surface area contributed by atoms with Crippen LogP contribution >= 0.6 is 0 Å². The molecule has 1 aromatic carbocycles. The van der Waals surface area contributed by atoms with Crippen molar-refractivity contribution in [1.82, 2.24) is 9.97 Å². The Hall–Kier alpha value is -2.43. The molecule has 0 amide bonds. The summed E-state index contributed by atoms with van der Waals surface area (Å²) in [6, 6.07) is 10.2. The molecule has 1 fully saturated rings. The first-order valence-electron chi connectivity index (χ1n) is 9.50. The predicted molar refractivity (Wildman–Crippen MR) is 103 cm³/mol. The minimum Gasteiger partial charge on any atom is -0.383 e. The molecule has 2 N–H and O–H groups in total. The van der Waals surface area contributed by atoms with Gasteiger partial charge in [0.2, 0.25) is 5.95 Å². The second-order valence-electron chi connectivity index (χ2n) is 8.02. The zero-order valence-corrected chi connectivity index (χ0v) is 15.5. The SMILES string of the molecule is CC1CC(C)CN(c2nc(N)c3c(n2)CC(c2ccccc2)CC3=O)C1. The average molecular weight is 350 g/mol. The third-order valence-electron chi connectivity index (χ3n) is 5.57. The Kier molecular flexibility index (Phi) is 4.39. The van der Waals surface area contributed by atoms with Crippen LogP contribution in [0.4, 0.5) is 11.8 Å². The predicted octanol–water partition coefficient (Wildman–Crippen LogP) is 3.45. The molecule has 1 aromatic heterocycles. The summed E-state index contributed by atoms with van der Waals surface area (Å²) in [6.45, 7) is 6.41. The van der Waals surface area contributed by atoms with Crippen molar-refractivity contribution in [3.63, 3.8) is 0 Å². The lowest BCUT2D eigenvalue weighted by atomic mass is 9.82. The maximum absolute atomic E-state index is 12.7. The van der Waals surface area contributed by atoms with Crippen molar-refractivity contribution >= 4 is 17.5 Å². The van der Waals surface area contributed by atoms with Crippen molar-refractivity contribution in [2.24, 2.45) is 11.8 Å². The first-order chi connectivity index (χ1) is 12.5. The molecule has 0 radical (unpaired) electrons. The second kappa shape index (κ2) is 6.71. The first kappa shape index (κ1) is 17.0. The molecule has 3 unspecified atom stereocenters. The van der Waals surface area contributed by atoms with E-state index in [0.717, 1.165) is 25.2 Å². The molecule has 2 aromatic rings. The number of benzene rings is 1. The van der Waals surface area contributed by atoms with Gasteiger partial charge in [-0.2, -0.15) is 4.98 Å². The zero-order valence-electron chi connectivity index (χ0n) is 15.5. The van der Waals surface area contributed by atoms with E-state index in [1.165, 1.54) is 12.0 Å². The highest BCUT2D eigenvalue weighted by molar-refractivity contribution is 6.02. The maximum atomic E-state index is 12.7. The molecule has 26 heavy (non-hydrogen) atoms. The van der Waals surface area contributed by atoms with E-state index >= 15 is 0 Å². The smallest absolute Gasteiger partial charge is 0.227 e. The largest absolute Gasteiger partial charge is 0.383 e. The van der Waals surface area contributed by atoms with Gasteiger partial charge in [-0.3, -0.25) is 4.79 Å². The Morgan fingerprint density at radius 1 is 1.04 bits per heavy atom. The minimum atomic E-state index is 0.0598. The van der Waals surface area contributed by atoms with Crippen LogP contribution in [0.2, 0.25) is 0 Å². The van der Waals surface area contributed by atoms with E-state index in [0.29, 0.717) is 35.6 Å². The fraction of sp³-hybridized carbons (Fsp3) is 0.476. The van der Waals surface area contributed by atoms with Crippen LogP contribution in [0, 0.1) is 11.8 Å². The topological polar surface area (TPSA) is 72.1 Å². The van der Waals surface area contributed by atoms with Gasteiger partial charge < -0.3 is 10.6 Å². The number of carbonyl (C=O) groups is 1. The van der Waals surface area contributed by atoms with Gasteiger partial charge in [-0.05, 0) is 36.2 Å². The van der Waals surface area contributed by atoms with E-state index in [1.54, 1.807) is 0 Å². The van der Waals surface area contributed by atoms with Gasteiger partial charge in [-0.25, -0.2) is 4.98 Å². The molecule has 2 aliphatic rings. The van der Waals surface area contributed by atoms with E-state index in [1.807, 2.05) is 18.2 Å². The van der Waals surface area contributed by atoms with Gasteiger partial charge in [-0.1, -0.05) is 44.2 Å². The Morgan fingerprint density at radius 3 is 2.42 bits per heavy atom. The van der Waals surface area contributed by atoms with E-state index in [2.05, 4.69) is 35.9 Å². The van der Waals surface area contributed by atoms with Gasteiger partial charge in [-0.15, -0.1) is 0 Å². The Bertz CT molecular complexity index is 810. The normalized spacial score (nSPS) is 25.8. The molecule has 1 aliphatic heterocycles. The van der Waals surface area contributed by atoms with Crippen LogP contribution < -0.4 is 10.6 Å². The number of ketones is 1. The Morgan fingerprint density at radius 2 is 1.73 bits per heavy atom. The van der Waals surface area contributed by atoms with E-state index in [4.69, 9.17) is 10.7 Å². The summed E-state index contributed by atoms with van der Waals surface area (Å²) in [5.74, 6) is 2.47. The minimum absolute atomic E-state index is 0.0598. The van der Waals surface area contributed by atoms with Gasteiger partial charge in [0.15, 0.2) is 5.78 Å². The van der Waals surface area contributed by atoms with Crippen molar-refractivity contribution in [3.05, 3.63) is 47.2 Å². The van der Waals surface area contributed by atoms with Crippen molar-refractivity contribution in [2.75, 3.05) is 23.7 Å². The number of piperidine rings is 1. The number of Topliss-reactive ketones (excluding diaryl/α,β-unsaturated/α-hetero) is 1. The number of hydrogen-bond donors (Lipinski definition) is 1. The molecule has 0 spiro atoms. The summed E-state index contributed by atoms with van der Waals surface area (Å²) in [4.78, 5) is 24.2. The van der Waals surface area contributed by atoms with Gasteiger partial charge in [0.1, 0.15) is 5.82 Å². The molecular weight excluding hydrogens is 324 g/mol. The molecule has 0 saturated carbocycles. The monoisotopic (exact) mass is 350 g/mol. The number of aromatic nitrogens is 2. The fourth-order valence-corrected chi connectivity index (χ4v) is 4.52. The molecule has 3 atom stereocenters. The lowest BCUT2D eigenvalue weighted by Crippen LogP contribution is -2.40. The molecule has 5 heteroatoms. The first-order valence-corrected chi connectivity index (χ1v) is 9.50. The lowest BCUT2D eigenvalue weighted by Gasteiger charge is -2.35. The standard InChI is InChI=1S/C21H26N4O/c1-13-8-14(2)12-25(11-13)21-23-17-9-16(15-6-4-3-5-7-15)10-18(26)19(17)20(22)24-21/h3-7,13-14,16H,8-12H2,1-2H3,(H2,22,23,24). The second-order valence-corrected chi connectivity index (χ2v) is 8.02. The Labute approximate surface area is 154 Å². The Balaban J connectivity index is 1.68. The van der Waals surface area contributed by atoms with Crippen molar-refractivity contribution in [2.45, 2.75) is 39.0 Å².